The van der Waals surface area contributed by atoms with E-state index < -0.39 is 0 Å². The van der Waals surface area contributed by atoms with Crippen molar-refractivity contribution in [2.24, 2.45) is 0 Å². The predicted molar refractivity (Wildman–Crippen MR) is 88.8 cm³/mol. The number of nitrogens with one attached hydrogen (secondary N) is 2. The summed E-state index contributed by atoms with van der Waals surface area (Å²) in [6.45, 7) is 4.96. The number of benzene rings is 1. The quantitative estimate of drug-likeness (QED) is 0.768. The third-order valence-electron chi connectivity index (χ3n) is 3.15. The van der Waals surface area contributed by atoms with Gasteiger partial charge < -0.3 is 10.6 Å². The molecule has 122 valence electrons. The number of hydrogen-bond acceptors (Lipinski definition) is 3. The highest BCUT2D eigenvalue weighted by atomic mass is 35.5. The van der Waals surface area contributed by atoms with E-state index in [1.54, 1.807) is 24.1 Å². The van der Waals surface area contributed by atoms with Gasteiger partial charge >= 0.3 is 0 Å². The van der Waals surface area contributed by atoms with Crippen LogP contribution in [0.4, 0.5) is 0 Å². The van der Waals surface area contributed by atoms with E-state index in [2.05, 4.69) is 10.6 Å². The van der Waals surface area contributed by atoms with E-state index in [0.717, 1.165) is 12.0 Å². The minimum atomic E-state index is -0.117. The maximum atomic E-state index is 12.0. The largest absolute Gasteiger partial charge is 0.355 e. The average molecular weight is 326 g/mol. The van der Waals surface area contributed by atoms with Gasteiger partial charge in [-0.25, -0.2) is 0 Å². The van der Waals surface area contributed by atoms with E-state index in [0.29, 0.717) is 11.6 Å². The Bertz CT molecular complexity index is 491. The summed E-state index contributed by atoms with van der Waals surface area (Å²) in [5.41, 5.74) is 0.987. The average Bonchev–Trinajstić information content (AvgIpc) is 2.45. The third kappa shape index (κ3) is 6.91. The fourth-order valence-electron chi connectivity index (χ4n) is 1.99. The van der Waals surface area contributed by atoms with Crippen LogP contribution < -0.4 is 10.6 Å². The molecule has 1 aromatic carbocycles. The van der Waals surface area contributed by atoms with Crippen molar-refractivity contribution >= 4 is 23.4 Å². The van der Waals surface area contributed by atoms with Crippen LogP contribution in [-0.2, 0) is 9.59 Å². The second-order valence-electron chi connectivity index (χ2n) is 5.36. The lowest BCUT2D eigenvalue weighted by atomic mass is 10.1. The van der Waals surface area contributed by atoms with Crippen LogP contribution in [0.3, 0.4) is 0 Å². The Balaban J connectivity index is 2.38. The number of carbonyl (C=O) groups excluding carboxylic acids is 2. The van der Waals surface area contributed by atoms with Crippen molar-refractivity contribution in [2.45, 2.75) is 26.3 Å². The topological polar surface area (TPSA) is 61.4 Å². The second kappa shape index (κ2) is 9.43. The molecule has 0 heterocycles. The predicted octanol–water partition coefficient (Wildman–Crippen LogP) is 1.98. The molecule has 0 fully saturated rings. The van der Waals surface area contributed by atoms with E-state index in [1.807, 2.05) is 26.0 Å². The smallest absolute Gasteiger partial charge is 0.234 e. The number of nitrogens with zero attached hydrogens (tertiary/aromatic N) is 1. The summed E-state index contributed by atoms with van der Waals surface area (Å²) in [5, 5.41) is 6.36. The van der Waals surface area contributed by atoms with E-state index in [4.69, 9.17) is 11.6 Å². The summed E-state index contributed by atoms with van der Waals surface area (Å²) >= 11 is 5.84. The Labute approximate surface area is 137 Å². The SMILES string of the molecule is CCCNC(=O)CN(C)CC(=O)N[C@H](C)c1ccc(Cl)cc1. The molecule has 2 amide bonds. The van der Waals surface area contributed by atoms with Gasteiger partial charge in [-0.2, -0.15) is 0 Å². The Morgan fingerprint density at radius 3 is 2.36 bits per heavy atom. The van der Waals surface area contributed by atoms with Crippen LogP contribution >= 0.6 is 11.6 Å². The zero-order chi connectivity index (χ0) is 16.5. The minimum Gasteiger partial charge on any atom is -0.355 e. The highest BCUT2D eigenvalue weighted by Crippen LogP contribution is 2.15. The zero-order valence-corrected chi connectivity index (χ0v) is 14.1. The van der Waals surface area contributed by atoms with Crippen LogP contribution in [0.2, 0.25) is 5.02 Å². The molecule has 0 aliphatic rings. The van der Waals surface area contributed by atoms with Gasteiger partial charge in [-0.05, 0) is 38.1 Å². The van der Waals surface area contributed by atoms with Gasteiger partial charge in [0, 0.05) is 11.6 Å². The van der Waals surface area contributed by atoms with E-state index in [9.17, 15) is 9.59 Å². The first-order valence-corrected chi connectivity index (χ1v) is 7.80. The molecule has 1 rings (SSSR count). The molecule has 0 spiro atoms. The molecular weight excluding hydrogens is 302 g/mol. The summed E-state index contributed by atoms with van der Waals surface area (Å²) in [5.74, 6) is -0.184. The number of halogens is 1. The fraction of sp³-hybridized carbons (Fsp3) is 0.500. The molecule has 0 radical (unpaired) electrons. The summed E-state index contributed by atoms with van der Waals surface area (Å²) in [4.78, 5) is 25.3. The molecule has 0 saturated carbocycles. The van der Waals surface area contributed by atoms with Crippen LogP contribution in [0.25, 0.3) is 0 Å². The van der Waals surface area contributed by atoms with Crippen molar-refractivity contribution in [1.82, 2.24) is 15.5 Å². The molecule has 0 aliphatic carbocycles. The van der Waals surface area contributed by atoms with Gasteiger partial charge in [0.05, 0.1) is 19.1 Å². The molecule has 0 aromatic heterocycles. The molecule has 1 aromatic rings. The molecule has 2 N–H and O–H groups in total. The Hall–Kier alpha value is -1.59. The van der Waals surface area contributed by atoms with Crippen molar-refractivity contribution in [3.05, 3.63) is 34.9 Å². The van der Waals surface area contributed by atoms with Gasteiger partial charge in [0.15, 0.2) is 0 Å². The Morgan fingerprint density at radius 2 is 1.77 bits per heavy atom. The molecular formula is C16H24ClN3O2. The van der Waals surface area contributed by atoms with Crippen molar-refractivity contribution < 1.29 is 9.59 Å². The molecule has 5 nitrogen and oxygen atoms in total. The van der Waals surface area contributed by atoms with Crippen molar-refractivity contribution in [2.75, 3.05) is 26.7 Å². The van der Waals surface area contributed by atoms with E-state index in [-0.39, 0.29) is 30.9 Å². The number of rotatable bonds is 8. The first-order chi connectivity index (χ1) is 10.4. The summed E-state index contributed by atoms with van der Waals surface area (Å²) in [6, 6.07) is 7.25. The molecule has 0 aliphatic heterocycles. The van der Waals surface area contributed by atoms with Gasteiger partial charge in [-0.15, -0.1) is 0 Å². The molecule has 1 atom stereocenters. The Kier molecular flexibility index (Phi) is 7.91. The molecule has 0 bridgehead atoms. The fourth-order valence-corrected chi connectivity index (χ4v) is 2.11. The van der Waals surface area contributed by atoms with Crippen molar-refractivity contribution in [1.29, 1.82) is 0 Å². The van der Waals surface area contributed by atoms with Crippen molar-refractivity contribution in [3.63, 3.8) is 0 Å². The van der Waals surface area contributed by atoms with Gasteiger partial charge in [-0.1, -0.05) is 30.7 Å². The Morgan fingerprint density at radius 1 is 1.18 bits per heavy atom. The molecule has 0 saturated heterocycles. The van der Waals surface area contributed by atoms with Crippen LogP contribution in [-0.4, -0.2) is 43.4 Å². The van der Waals surface area contributed by atoms with E-state index >= 15 is 0 Å². The zero-order valence-electron chi connectivity index (χ0n) is 13.4. The lowest BCUT2D eigenvalue weighted by Gasteiger charge is -2.19. The highest BCUT2D eigenvalue weighted by molar-refractivity contribution is 6.30. The molecule has 22 heavy (non-hydrogen) atoms. The monoisotopic (exact) mass is 325 g/mol. The normalized spacial score (nSPS) is 12.0. The third-order valence-corrected chi connectivity index (χ3v) is 3.40. The second-order valence-corrected chi connectivity index (χ2v) is 5.80. The van der Waals surface area contributed by atoms with Gasteiger partial charge in [-0.3, -0.25) is 14.5 Å². The maximum absolute atomic E-state index is 12.0. The summed E-state index contributed by atoms with van der Waals surface area (Å²) < 4.78 is 0. The van der Waals surface area contributed by atoms with E-state index in [1.165, 1.54) is 0 Å². The number of amides is 2. The molecule has 6 heteroatoms. The standard InChI is InChI=1S/C16H24ClN3O2/c1-4-9-18-15(21)10-20(3)11-16(22)19-12(2)13-5-7-14(17)8-6-13/h5-8,12H,4,9-11H2,1-3H3,(H,18,21)(H,19,22)/t12-/m1/s1. The number of carbonyl (C=O) groups is 2. The number of likely N-dealkylation sites (N-methyl/N-ethyl adjacent to an activating group) is 1. The van der Waals surface area contributed by atoms with Crippen LogP contribution in [0, 0.1) is 0 Å². The lowest BCUT2D eigenvalue weighted by molar-refractivity contribution is -0.124. The molecule has 0 unspecified atom stereocenters. The van der Waals surface area contributed by atoms with Gasteiger partial charge in [0.25, 0.3) is 0 Å². The first kappa shape index (κ1) is 18.5. The van der Waals surface area contributed by atoms with Crippen molar-refractivity contribution in [3.8, 4) is 0 Å². The maximum Gasteiger partial charge on any atom is 0.234 e. The lowest BCUT2D eigenvalue weighted by Crippen LogP contribution is -2.41. The minimum absolute atomic E-state index is 0.0668. The summed E-state index contributed by atoms with van der Waals surface area (Å²) in [6.07, 6.45) is 0.897. The van der Waals surface area contributed by atoms with Crippen LogP contribution in [0.1, 0.15) is 31.9 Å². The number of hydrogen-bond donors (Lipinski definition) is 2. The van der Waals surface area contributed by atoms with Gasteiger partial charge in [0.1, 0.15) is 0 Å². The highest BCUT2D eigenvalue weighted by Gasteiger charge is 2.13. The summed E-state index contributed by atoms with van der Waals surface area (Å²) in [7, 11) is 1.75. The first-order valence-electron chi connectivity index (χ1n) is 7.42. The van der Waals surface area contributed by atoms with Gasteiger partial charge in [0.2, 0.25) is 11.8 Å². The van der Waals surface area contributed by atoms with Crippen LogP contribution in [0.5, 0.6) is 0 Å². The van der Waals surface area contributed by atoms with Crippen LogP contribution in [0.15, 0.2) is 24.3 Å².